The van der Waals surface area contributed by atoms with Gasteiger partial charge < -0.3 is 5.32 Å². The number of rotatable bonds is 6. The molecule has 1 N–H and O–H groups in total. The van der Waals surface area contributed by atoms with E-state index in [1.54, 1.807) is 0 Å². The first kappa shape index (κ1) is 12.2. The Morgan fingerprint density at radius 3 is 2.44 bits per heavy atom. The Balaban J connectivity index is 1.76. The van der Waals surface area contributed by atoms with Gasteiger partial charge in [0.05, 0.1) is 0 Å². The summed E-state index contributed by atoms with van der Waals surface area (Å²) in [5.41, 5.74) is 0. The molecule has 0 radical (unpaired) electrons. The van der Waals surface area contributed by atoms with Gasteiger partial charge in [-0.15, -0.1) is 0 Å². The standard InChI is InChI=1S/C15H27N/c1-4-12(5-2)10-16-11(3)15-9-13-6-7-14(15)8-13/h6-7,11-16H,4-5,8-10H2,1-3H3. The monoisotopic (exact) mass is 221 g/mol. The van der Waals surface area contributed by atoms with Crippen molar-refractivity contribution in [1.82, 2.24) is 5.32 Å². The van der Waals surface area contributed by atoms with E-state index in [2.05, 4.69) is 38.2 Å². The fraction of sp³-hybridized carbons (Fsp3) is 0.867. The van der Waals surface area contributed by atoms with Crippen LogP contribution in [0.15, 0.2) is 12.2 Å². The summed E-state index contributed by atoms with van der Waals surface area (Å²) in [4.78, 5) is 0. The van der Waals surface area contributed by atoms with Gasteiger partial charge in [0, 0.05) is 6.04 Å². The highest BCUT2D eigenvalue weighted by Gasteiger charge is 2.38. The third-order valence-electron chi connectivity index (χ3n) is 4.86. The van der Waals surface area contributed by atoms with Crippen LogP contribution in [0.5, 0.6) is 0 Å². The molecular weight excluding hydrogens is 194 g/mol. The molecule has 0 aromatic rings. The molecule has 1 saturated carbocycles. The molecule has 1 nitrogen and oxygen atoms in total. The second-order valence-corrected chi connectivity index (χ2v) is 5.82. The van der Waals surface area contributed by atoms with E-state index in [1.807, 2.05) is 0 Å². The minimum Gasteiger partial charge on any atom is -0.314 e. The largest absolute Gasteiger partial charge is 0.314 e. The zero-order chi connectivity index (χ0) is 11.5. The average molecular weight is 221 g/mol. The van der Waals surface area contributed by atoms with Gasteiger partial charge >= 0.3 is 0 Å². The van der Waals surface area contributed by atoms with E-state index in [4.69, 9.17) is 0 Å². The molecule has 4 unspecified atom stereocenters. The van der Waals surface area contributed by atoms with Crippen molar-refractivity contribution in [2.45, 2.75) is 52.5 Å². The fourth-order valence-electron chi connectivity index (χ4n) is 3.48. The van der Waals surface area contributed by atoms with Crippen LogP contribution >= 0.6 is 0 Å². The quantitative estimate of drug-likeness (QED) is 0.676. The molecule has 2 aliphatic carbocycles. The molecule has 2 aliphatic rings. The van der Waals surface area contributed by atoms with Crippen molar-refractivity contribution in [3.8, 4) is 0 Å². The molecule has 1 heteroatoms. The van der Waals surface area contributed by atoms with Gasteiger partial charge in [-0.3, -0.25) is 0 Å². The van der Waals surface area contributed by atoms with Crippen molar-refractivity contribution in [3.63, 3.8) is 0 Å². The zero-order valence-electron chi connectivity index (χ0n) is 11.1. The van der Waals surface area contributed by atoms with Crippen molar-refractivity contribution in [2.75, 3.05) is 6.54 Å². The van der Waals surface area contributed by atoms with Crippen LogP contribution in [-0.2, 0) is 0 Å². The van der Waals surface area contributed by atoms with E-state index in [0.29, 0.717) is 6.04 Å². The summed E-state index contributed by atoms with van der Waals surface area (Å²) in [6.07, 6.45) is 10.4. The molecule has 0 saturated heterocycles. The Morgan fingerprint density at radius 2 is 1.94 bits per heavy atom. The molecular formula is C15H27N. The lowest BCUT2D eigenvalue weighted by Gasteiger charge is -2.28. The highest BCUT2D eigenvalue weighted by molar-refractivity contribution is 5.11. The Labute approximate surface area is 101 Å². The Hall–Kier alpha value is -0.300. The van der Waals surface area contributed by atoms with Gasteiger partial charge in [0.2, 0.25) is 0 Å². The molecule has 16 heavy (non-hydrogen) atoms. The molecule has 4 atom stereocenters. The second kappa shape index (κ2) is 5.35. The molecule has 0 spiro atoms. The normalized spacial score (nSPS) is 33.9. The van der Waals surface area contributed by atoms with Gasteiger partial charge in [-0.1, -0.05) is 38.8 Å². The van der Waals surface area contributed by atoms with E-state index >= 15 is 0 Å². The molecule has 2 bridgehead atoms. The summed E-state index contributed by atoms with van der Waals surface area (Å²) >= 11 is 0. The van der Waals surface area contributed by atoms with Crippen molar-refractivity contribution < 1.29 is 0 Å². The summed E-state index contributed by atoms with van der Waals surface area (Å²) in [5.74, 6) is 3.57. The summed E-state index contributed by atoms with van der Waals surface area (Å²) in [5, 5.41) is 3.78. The maximum Gasteiger partial charge on any atom is 0.00729 e. The van der Waals surface area contributed by atoms with Crippen LogP contribution < -0.4 is 5.32 Å². The zero-order valence-corrected chi connectivity index (χ0v) is 11.1. The summed E-state index contributed by atoms with van der Waals surface area (Å²) in [6.45, 7) is 8.22. The number of fused-ring (bicyclic) bond motifs is 2. The predicted octanol–water partition coefficient (Wildman–Crippen LogP) is 3.61. The van der Waals surface area contributed by atoms with Gasteiger partial charge in [-0.2, -0.15) is 0 Å². The van der Waals surface area contributed by atoms with Gasteiger partial charge in [0.25, 0.3) is 0 Å². The van der Waals surface area contributed by atoms with Crippen molar-refractivity contribution in [3.05, 3.63) is 12.2 Å². The third-order valence-corrected chi connectivity index (χ3v) is 4.86. The lowest BCUT2D eigenvalue weighted by molar-refractivity contribution is 0.305. The highest BCUT2D eigenvalue weighted by Crippen LogP contribution is 2.44. The van der Waals surface area contributed by atoms with E-state index in [-0.39, 0.29) is 0 Å². The predicted molar refractivity (Wildman–Crippen MR) is 70.4 cm³/mol. The minimum absolute atomic E-state index is 0.709. The van der Waals surface area contributed by atoms with Crippen LogP contribution in [0, 0.1) is 23.7 Å². The van der Waals surface area contributed by atoms with Crippen LogP contribution in [0.3, 0.4) is 0 Å². The number of hydrogen-bond acceptors (Lipinski definition) is 1. The van der Waals surface area contributed by atoms with Gasteiger partial charge in [0.1, 0.15) is 0 Å². The average Bonchev–Trinajstić information content (AvgIpc) is 2.91. The van der Waals surface area contributed by atoms with E-state index in [0.717, 1.165) is 23.7 Å². The van der Waals surface area contributed by atoms with Crippen molar-refractivity contribution in [1.29, 1.82) is 0 Å². The lowest BCUT2D eigenvalue weighted by Crippen LogP contribution is -2.38. The first-order valence-corrected chi connectivity index (χ1v) is 7.16. The van der Waals surface area contributed by atoms with Crippen molar-refractivity contribution >= 4 is 0 Å². The molecule has 0 aromatic carbocycles. The Morgan fingerprint density at radius 1 is 1.19 bits per heavy atom. The molecule has 0 aliphatic heterocycles. The number of hydrogen-bond donors (Lipinski definition) is 1. The first-order chi connectivity index (χ1) is 7.74. The van der Waals surface area contributed by atoms with Gasteiger partial charge in [0.15, 0.2) is 0 Å². The molecule has 1 fully saturated rings. The van der Waals surface area contributed by atoms with Crippen LogP contribution in [0.1, 0.15) is 46.5 Å². The number of nitrogens with one attached hydrogen (secondary N) is 1. The first-order valence-electron chi connectivity index (χ1n) is 7.16. The maximum atomic E-state index is 3.78. The van der Waals surface area contributed by atoms with E-state index in [1.165, 1.54) is 32.2 Å². The lowest BCUT2D eigenvalue weighted by atomic mass is 9.87. The van der Waals surface area contributed by atoms with Crippen LogP contribution in [0.25, 0.3) is 0 Å². The SMILES string of the molecule is CCC(CC)CNC(C)C1CC2C=CC1C2. The summed E-state index contributed by atoms with van der Waals surface area (Å²) in [7, 11) is 0. The molecule has 0 amide bonds. The summed E-state index contributed by atoms with van der Waals surface area (Å²) in [6, 6.07) is 0.709. The van der Waals surface area contributed by atoms with Gasteiger partial charge in [-0.05, 0) is 50.0 Å². The Bertz CT molecular complexity index is 242. The second-order valence-electron chi connectivity index (χ2n) is 5.82. The highest BCUT2D eigenvalue weighted by atomic mass is 14.9. The third kappa shape index (κ3) is 2.51. The summed E-state index contributed by atoms with van der Waals surface area (Å²) < 4.78 is 0. The Kier molecular flexibility index (Phi) is 4.07. The van der Waals surface area contributed by atoms with Crippen molar-refractivity contribution in [2.24, 2.45) is 23.7 Å². The minimum atomic E-state index is 0.709. The number of allylic oxidation sites excluding steroid dienone is 2. The molecule has 0 heterocycles. The molecule has 0 aromatic heterocycles. The van der Waals surface area contributed by atoms with Gasteiger partial charge in [-0.25, -0.2) is 0 Å². The van der Waals surface area contributed by atoms with Crippen LogP contribution in [0.2, 0.25) is 0 Å². The fourth-order valence-corrected chi connectivity index (χ4v) is 3.48. The molecule has 2 rings (SSSR count). The van der Waals surface area contributed by atoms with Crippen LogP contribution in [0.4, 0.5) is 0 Å². The van der Waals surface area contributed by atoms with Crippen LogP contribution in [-0.4, -0.2) is 12.6 Å². The smallest absolute Gasteiger partial charge is 0.00729 e. The van der Waals surface area contributed by atoms with E-state index < -0.39 is 0 Å². The topological polar surface area (TPSA) is 12.0 Å². The molecule has 92 valence electrons. The van der Waals surface area contributed by atoms with E-state index in [9.17, 15) is 0 Å². The maximum absolute atomic E-state index is 3.78.